The van der Waals surface area contributed by atoms with Gasteiger partial charge in [0, 0.05) is 5.56 Å². The van der Waals surface area contributed by atoms with E-state index < -0.39 is 5.91 Å². The Balaban J connectivity index is 2.43. The standard InChI is InChI=1S/C12H9NO/c13-12(14)8-7-10-4-1-3-9-5-2-6-11(9)10/h1-5H,6H2,(H2,13,14). The summed E-state index contributed by atoms with van der Waals surface area (Å²) >= 11 is 0. The van der Waals surface area contributed by atoms with Crippen molar-refractivity contribution in [1.29, 1.82) is 0 Å². The monoisotopic (exact) mass is 183 g/mol. The first kappa shape index (κ1) is 8.58. The van der Waals surface area contributed by atoms with Crippen molar-refractivity contribution in [2.24, 2.45) is 5.73 Å². The summed E-state index contributed by atoms with van der Waals surface area (Å²) in [4.78, 5) is 10.5. The van der Waals surface area contributed by atoms with Gasteiger partial charge in [0.15, 0.2) is 0 Å². The highest BCUT2D eigenvalue weighted by Crippen LogP contribution is 2.22. The maximum Gasteiger partial charge on any atom is 0.293 e. The van der Waals surface area contributed by atoms with Crippen LogP contribution >= 0.6 is 0 Å². The first-order valence-corrected chi connectivity index (χ1v) is 4.37. The Bertz CT molecular complexity index is 475. The lowest BCUT2D eigenvalue weighted by Gasteiger charge is -2.00. The molecule has 0 atom stereocenters. The summed E-state index contributed by atoms with van der Waals surface area (Å²) < 4.78 is 0. The van der Waals surface area contributed by atoms with Gasteiger partial charge >= 0.3 is 0 Å². The Kier molecular flexibility index (Phi) is 2.08. The molecule has 2 rings (SSSR count). The van der Waals surface area contributed by atoms with Crippen LogP contribution in [0.1, 0.15) is 16.7 Å². The van der Waals surface area contributed by atoms with Crippen LogP contribution in [0.4, 0.5) is 0 Å². The summed E-state index contributed by atoms with van der Waals surface area (Å²) in [5.74, 6) is 4.54. The van der Waals surface area contributed by atoms with E-state index in [0.717, 1.165) is 12.0 Å². The molecule has 0 radical (unpaired) electrons. The first-order valence-electron chi connectivity index (χ1n) is 4.37. The number of allylic oxidation sites excluding steroid dienone is 1. The highest BCUT2D eigenvalue weighted by molar-refractivity contribution is 5.92. The zero-order valence-electron chi connectivity index (χ0n) is 7.58. The number of nitrogens with two attached hydrogens (primary N) is 1. The number of amides is 1. The summed E-state index contributed by atoms with van der Waals surface area (Å²) in [6.45, 7) is 0. The molecule has 2 nitrogen and oxygen atoms in total. The number of primary amides is 1. The van der Waals surface area contributed by atoms with Crippen LogP contribution in [-0.2, 0) is 11.2 Å². The van der Waals surface area contributed by atoms with E-state index in [-0.39, 0.29) is 0 Å². The summed E-state index contributed by atoms with van der Waals surface area (Å²) in [5, 5.41) is 0. The van der Waals surface area contributed by atoms with E-state index in [4.69, 9.17) is 5.73 Å². The summed E-state index contributed by atoms with van der Waals surface area (Å²) in [7, 11) is 0. The number of carbonyl (C=O) groups is 1. The lowest BCUT2D eigenvalue weighted by molar-refractivity contribution is -0.112. The average Bonchev–Trinajstić information content (AvgIpc) is 2.62. The second kappa shape index (κ2) is 3.39. The van der Waals surface area contributed by atoms with Crippen molar-refractivity contribution < 1.29 is 4.79 Å². The topological polar surface area (TPSA) is 43.1 Å². The molecule has 0 saturated heterocycles. The van der Waals surface area contributed by atoms with Crippen molar-refractivity contribution in [2.45, 2.75) is 6.42 Å². The fourth-order valence-electron chi connectivity index (χ4n) is 1.54. The molecule has 2 heteroatoms. The highest BCUT2D eigenvalue weighted by atomic mass is 16.1. The number of fused-ring (bicyclic) bond motifs is 1. The fourth-order valence-corrected chi connectivity index (χ4v) is 1.54. The Morgan fingerprint density at radius 3 is 3.07 bits per heavy atom. The van der Waals surface area contributed by atoms with Crippen LogP contribution in [0.2, 0.25) is 0 Å². The molecular formula is C12H9NO. The third-order valence-electron chi connectivity index (χ3n) is 2.15. The first-order chi connectivity index (χ1) is 6.77. The molecule has 1 aromatic carbocycles. The third-order valence-corrected chi connectivity index (χ3v) is 2.15. The second-order valence-corrected chi connectivity index (χ2v) is 3.09. The Morgan fingerprint density at radius 1 is 1.43 bits per heavy atom. The molecule has 0 bridgehead atoms. The van der Waals surface area contributed by atoms with Crippen LogP contribution in [0, 0.1) is 11.8 Å². The molecule has 1 aromatic rings. The van der Waals surface area contributed by atoms with Gasteiger partial charge in [-0.05, 0) is 29.5 Å². The van der Waals surface area contributed by atoms with Gasteiger partial charge < -0.3 is 5.73 Å². The molecule has 0 saturated carbocycles. The zero-order valence-corrected chi connectivity index (χ0v) is 7.58. The van der Waals surface area contributed by atoms with E-state index in [1.54, 1.807) is 0 Å². The van der Waals surface area contributed by atoms with E-state index in [2.05, 4.69) is 24.0 Å². The minimum Gasteiger partial charge on any atom is -0.359 e. The van der Waals surface area contributed by atoms with Crippen molar-refractivity contribution in [3.05, 3.63) is 41.0 Å². The summed E-state index contributed by atoms with van der Waals surface area (Å²) in [6.07, 6.45) is 5.03. The van der Waals surface area contributed by atoms with E-state index in [0.29, 0.717) is 0 Å². The van der Waals surface area contributed by atoms with E-state index in [1.807, 2.05) is 18.2 Å². The van der Waals surface area contributed by atoms with Gasteiger partial charge in [-0.1, -0.05) is 30.2 Å². The predicted molar refractivity (Wildman–Crippen MR) is 55.3 cm³/mol. The van der Waals surface area contributed by atoms with Crippen LogP contribution in [0.5, 0.6) is 0 Å². The molecule has 14 heavy (non-hydrogen) atoms. The maximum atomic E-state index is 10.5. The lowest BCUT2D eigenvalue weighted by atomic mass is 10.0. The zero-order chi connectivity index (χ0) is 9.97. The Hall–Kier alpha value is -2.01. The number of hydrogen-bond donors (Lipinski definition) is 1. The van der Waals surface area contributed by atoms with Gasteiger partial charge in [0.05, 0.1) is 0 Å². The van der Waals surface area contributed by atoms with E-state index >= 15 is 0 Å². The molecule has 0 spiro atoms. The largest absolute Gasteiger partial charge is 0.359 e. The van der Waals surface area contributed by atoms with Crippen molar-refractivity contribution in [2.75, 3.05) is 0 Å². The molecule has 1 aliphatic carbocycles. The lowest BCUT2D eigenvalue weighted by Crippen LogP contribution is -2.06. The van der Waals surface area contributed by atoms with Crippen molar-refractivity contribution in [3.63, 3.8) is 0 Å². The summed E-state index contributed by atoms with van der Waals surface area (Å²) in [6, 6.07) is 5.87. The number of hydrogen-bond acceptors (Lipinski definition) is 1. The third kappa shape index (κ3) is 1.53. The molecule has 1 aliphatic rings. The Morgan fingerprint density at radius 2 is 2.29 bits per heavy atom. The predicted octanol–water partition coefficient (Wildman–Crippen LogP) is 1.09. The van der Waals surface area contributed by atoms with Gasteiger partial charge in [-0.15, -0.1) is 0 Å². The maximum absolute atomic E-state index is 10.5. The van der Waals surface area contributed by atoms with Gasteiger partial charge in [0.1, 0.15) is 0 Å². The van der Waals surface area contributed by atoms with Gasteiger partial charge in [-0.3, -0.25) is 4.79 Å². The molecule has 68 valence electrons. The normalized spacial score (nSPS) is 11.7. The SMILES string of the molecule is NC(=O)C#Cc1cccc2c1CC=C2. The number of carbonyl (C=O) groups excluding carboxylic acids is 1. The van der Waals surface area contributed by atoms with Gasteiger partial charge in [0.2, 0.25) is 0 Å². The molecule has 0 unspecified atom stereocenters. The molecule has 1 amide bonds. The van der Waals surface area contributed by atoms with Crippen LogP contribution in [0.15, 0.2) is 24.3 Å². The van der Waals surface area contributed by atoms with Crippen LogP contribution < -0.4 is 5.73 Å². The highest BCUT2D eigenvalue weighted by Gasteiger charge is 2.07. The quantitative estimate of drug-likeness (QED) is 0.601. The van der Waals surface area contributed by atoms with E-state index in [9.17, 15) is 4.79 Å². The van der Waals surface area contributed by atoms with Crippen LogP contribution in [-0.4, -0.2) is 5.91 Å². The molecule has 2 N–H and O–H groups in total. The minimum atomic E-state index is -0.589. The second-order valence-electron chi connectivity index (χ2n) is 3.09. The molecular weight excluding hydrogens is 174 g/mol. The Labute approximate surface area is 82.4 Å². The fraction of sp³-hybridized carbons (Fsp3) is 0.0833. The minimum absolute atomic E-state index is 0.589. The number of benzene rings is 1. The molecule has 0 aliphatic heterocycles. The number of rotatable bonds is 0. The van der Waals surface area contributed by atoms with E-state index in [1.165, 1.54) is 11.1 Å². The van der Waals surface area contributed by atoms with Crippen LogP contribution in [0.3, 0.4) is 0 Å². The van der Waals surface area contributed by atoms with Gasteiger partial charge in [0.25, 0.3) is 5.91 Å². The summed E-state index contributed by atoms with van der Waals surface area (Å²) in [5.41, 5.74) is 8.22. The van der Waals surface area contributed by atoms with Gasteiger partial charge in [-0.2, -0.15) is 0 Å². The van der Waals surface area contributed by atoms with Crippen molar-refractivity contribution in [1.82, 2.24) is 0 Å². The van der Waals surface area contributed by atoms with Crippen molar-refractivity contribution in [3.8, 4) is 11.8 Å². The van der Waals surface area contributed by atoms with Gasteiger partial charge in [-0.25, -0.2) is 0 Å². The van der Waals surface area contributed by atoms with Crippen molar-refractivity contribution >= 4 is 12.0 Å². The average molecular weight is 183 g/mol. The molecule has 0 heterocycles. The smallest absolute Gasteiger partial charge is 0.293 e. The molecule has 0 fully saturated rings. The van der Waals surface area contributed by atoms with Crippen LogP contribution in [0.25, 0.3) is 6.08 Å². The molecule has 0 aromatic heterocycles.